The van der Waals surface area contributed by atoms with E-state index in [1.54, 1.807) is 24.3 Å². The van der Waals surface area contributed by atoms with Crippen LogP contribution in [0.1, 0.15) is 5.56 Å². The number of ether oxygens (including phenoxy) is 1. The number of hydrazone groups is 1. The number of nitrogens with one attached hydrogen (secondary N) is 1. The Kier molecular flexibility index (Phi) is 7.28. The van der Waals surface area contributed by atoms with Crippen molar-refractivity contribution in [2.45, 2.75) is 4.34 Å². The number of nitrogens with zero attached hydrogens (tertiary/aromatic N) is 4. The number of nitro groups is 2. The van der Waals surface area contributed by atoms with Gasteiger partial charge in [0.1, 0.15) is 5.75 Å². The Bertz CT molecular complexity index is 1410. The van der Waals surface area contributed by atoms with Crippen LogP contribution in [0.4, 0.5) is 11.4 Å². The molecular formula is C22H15N5O6S2. The van der Waals surface area contributed by atoms with E-state index in [2.05, 4.69) is 15.5 Å². The van der Waals surface area contributed by atoms with Crippen LogP contribution in [-0.4, -0.2) is 32.7 Å². The van der Waals surface area contributed by atoms with Crippen molar-refractivity contribution in [3.8, 4) is 11.5 Å². The molecule has 0 spiro atoms. The number of non-ortho nitro benzene ring substituents is 1. The third-order valence-electron chi connectivity index (χ3n) is 4.46. The number of aromatic nitrogens is 1. The second-order valence-corrected chi connectivity index (χ2v) is 9.12. The summed E-state index contributed by atoms with van der Waals surface area (Å²) in [7, 11) is 0. The highest BCUT2D eigenvalue weighted by molar-refractivity contribution is 8.01. The van der Waals surface area contributed by atoms with E-state index in [4.69, 9.17) is 4.74 Å². The molecule has 0 aliphatic rings. The predicted molar refractivity (Wildman–Crippen MR) is 132 cm³/mol. The van der Waals surface area contributed by atoms with Gasteiger partial charge in [0.25, 0.3) is 11.6 Å². The maximum absolute atomic E-state index is 12.0. The van der Waals surface area contributed by atoms with Gasteiger partial charge in [-0.3, -0.25) is 25.0 Å². The largest absolute Gasteiger partial charge is 0.450 e. The number of thiazole rings is 1. The Hall–Kier alpha value is -4.36. The number of nitro benzene ring substituents is 2. The third kappa shape index (κ3) is 6.16. The fourth-order valence-electron chi connectivity index (χ4n) is 2.85. The molecule has 0 unspecified atom stereocenters. The van der Waals surface area contributed by atoms with Crippen LogP contribution in [0.15, 0.2) is 76.2 Å². The van der Waals surface area contributed by atoms with Crippen molar-refractivity contribution in [3.05, 3.63) is 92.5 Å². The number of benzene rings is 3. The number of thioether (sulfide) groups is 1. The molecule has 1 N–H and O–H groups in total. The summed E-state index contributed by atoms with van der Waals surface area (Å²) in [5.74, 6) is 0.0454. The van der Waals surface area contributed by atoms with E-state index in [0.29, 0.717) is 5.56 Å². The Balaban J connectivity index is 1.31. The zero-order valence-electron chi connectivity index (χ0n) is 17.7. The number of carbonyl (C=O) groups is 1. The molecule has 35 heavy (non-hydrogen) atoms. The summed E-state index contributed by atoms with van der Waals surface area (Å²) < 4.78 is 7.37. The lowest BCUT2D eigenvalue weighted by Gasteiger charge is -2.06. The quantitative estimate of drug-likeness (QED) is 0.141. The van der Waals surface area contributed by atoms with Crippen molar-refractivity contribution in [3.63, 3.8) is 0 Å². The van der Waals surface area contributed by atoms with E-state index in [9.17, 15) is 25.0 Å². The second kappa shape index (κ2) is 10.7. The van der Waals surface area contributed by atoms with Crippen molar-refractivity contribution in [1.29, 1.82) is 0 Å². The van der Waals surface area contributed by atoms with Crippen LogP contribution in [0.3, 0.4) is 0 Å². The molecule has 11 nitrogen and oxygen atoms in total. The van der Waals surface area contributed by atoms with Crippen LogP contribution < -0.4 is 10.2 Å². The topological polar surface area (TPSA) is 150 Å². The van der Waals surface area contributed by atoms with Crippen LogP contribution >= 0.6 is 23.1 Å². The Morgan fingerprint density at radius 1 is 1.09 bits per heavy atom. The monoisotopic (exact) mass is 509 g/mol. The standard InChI is InChI=1S/C22H15N5O6S2/c28-21(13-34-22-24-17-3-1-2-4-20(17)35-22)25-23-12-14-5-8-16(9-6-14)33-19-10-7-15(26(29)30)11-18(19)27(31)32/h1-12H,13H2,(H,25,28)/b23-12-. The van der Waals surface area contributed by atoms with Gasteiger partial charge in [0.15, 0.2) is 4.34 Å². The number of hydrogen-bond acceptors (Lipinski definition) is 10. The van der Waals surface area contributed by atoms with E-state index in [1.165, 1.54) is 35.4 Å². The van der Waals surface area contributed by atoms with Gasteiger partial charge in [-0.05, 0) is 48.0 Å². The molecule has 0 saturated carbocycles. The van der Waals surface area contributed by atoms with Crippen molar-refractivity contribution in [2.24, 2.45) is 5.10 Å². The summed E-state index contributed by atoms with van der Waals surface area (Å²) in [4.78, 5) is 37.1. The van der Waals surface area contributed by atoms with E-state index in [-0.39, 0.29) is 23.2 Å². The highest BCUT2D eigenvalue weighted by Gasteiger charge is 2.21. The van der Waals surface area contributed by atoms with Gasteiger partial charge in [0, 0.05) is 6.07 Å². The molecule has 0 saturated heterocycles. The first kappa shape index (κ1) is 23.8. The van der Waals surface area contributed by atoms with Crippen LogP contribution in [0, 0.1) is 20.2 Å². The number of para-hydroxylation sites is 1. The highest BCUT2D eigenvalue weighted by Crippen LogP contribution is 2.34. The molecule has 1 amide bonds. The van der Waals surface area contributed by atoms with Crippen molar-refractivity contribution in [2.75, 3.05) is 5.75 Å². The first-order valence-electron chi connectivity index (χ1n) is 9.90. The Morgan fingerprint density at radius 3 is 2.57 bits per heavy atom. The van der Waals surface area contributed by atoms with Crippen LogP contribution in [0.2, 0.25) is 0 Å². The molecule has 1 heterocycles. The average Bonchev–Trinajstić information content (AvgIpc) is 3.27. The molecular weight excluding hydrogens is 494 g/mol. The summed E-state index contributed by atoms with van der Waals surface area (Å²) in [6, 6.07) is 17.3. The lowest BCUT2D eigenvalue weighted by Crippen LogP contribution is -2.19. The van der Waals surface area contributed by atoms with E-state index >= 15 is 0 Å². The van der Waals surface area contributed by atoms with Gasteiger partial charge < -0.3 is 4.74 Å². The molecule has 0 fully saturated rings. The minimum absolute atomic E-state index is 0.125. The fourth-order valence-corrected chi connectivity index (χ4v) is 4.71. The molecule has 4 aromatic rings. The predicted octanol–water partition coefficient (Wildman–Crippen LogP) is 5.15. The minimum atomic E-state index is -0.749. The summed E-state index contributed by atoms with van der Waals surface area (Å²) in [5.41, 5.74) is 3.07. The SMILES string of the molecule is O=C(CSc1nc2ccccc2s1)N/N=C\c1ccc(Oc2ccc([N+](=O)[O-])cc2[N+](=O)[O-])cc1. The molecule has 0 radical (unpaired) electrons. The fraction of sp³-hybridized carbons (Fsp3) is 0.0455. The summed E-state index contributed by atoms with van der Waals surface area (Å²) >= 11 is 2.85. The van der Waals surface area contributed by atoms with Gasteiger partial charge >= 0.3 is 5.69 Å². The van der Waals surface area contributed by atoms with Crippen molar-refractivity contribution in [1.82, 2.24) is 10.4 Å². The van der Waals surface area contributed by atoms with Gasteiger partial charge in [0.2, 0.25) is 5.75 Å². The van der Waals surface area contributed by atoms with Gasteiger partial charge in [-0.1, -0.05) is 23.9 Å². The molecule has 1 aromatic heterocycles. The second-order valence-electron chi connectivity index (χ2n) is 6.87. The maximum atomic E-state index is 12.0. The lowest BCUT2D eigenvalue weighted by molar-refractivity contribution is -0.394. The first-order valence-corrected chi connectivity index (χ1v) is 11.7. The van der Waals surface area contributed by atoms with Crippen LogP contribution in [0.5, 0.6) is 11.5 Å². The Morgan fingerprint density at radius 2 is 1.86 bits per heavy atom. The first-order chi connectivity index (χ1) is 16.9. The number of hydrogen-bond donors (Lipinski definition) is 1. The smallest absolute Gasteiger partial charge is 0.318 e. The van der Waals surface area contributed by atoms with Crippen molar-refractivity contribution < 1.29 is 19.4 Å². The summed E-state index contributed by atoms with van der Waals surface area (Å²) in [6.07, 6.45) is 1.44. The number of carbonyl (C=O) groups excluding carboxylic acids is 1. The highest BCUT2D eigenvalue weighted by atomic mass is 32.2. The van der Waals surface area contributed by atoms with Crippen LogP contribution in [-0.2, 0) is 4.79 Å². The molecule has 3 aromatic carbocycles. The molecule has 0 aliphatic heterocycles. The zero-order chi connectivity index (χ0) is 24.8. The average molecular weight is 510 g/mol. The Labute approximate surface area is 205 Å². The number of fused-ring (bicyclic) bond motifs is 1. The van der Waals surface area contributed by atoms with Gasteiger partial charge in [-0.25, -0.2) is 10.4 Å². The third-order valence-corrected chi connectivity index (χ3v) is 6.64. The lowest BCUT2D eigenvalue weighted by atomic mass is 10.2. The van der Waals surface area contributed by atoms with Gasteiger partial charge in [0.05, 0.1) is 38.1 Å². The number of amides is 1. The molecule has 0 atom stereocenters. The molecule has 13 heteroatoms. The van der Waals surface area contributed by atoms with Crippen LogP contribution in [0.25, 0.3) is 10.2 Å². The van der Waals surface area contributed by atoms with E-state index in [0.717, 1.165) is 26.7 Å². The molecule has 4 rings (SSSR count). The molecule has 0 aliphatic carbocycles. The summed E-state index contributed by atoms with van der Waals surface area (Å²) in [6.45, 7) is 0. The zero-order valence-corrected chi connectivity index (χ0v) is 19.3. The van der Waals surface area contributed by atoms with Crippen molar-refractivity contribution >= 4 is 56.8 Å². The van der Waals surface area contributed by atoms with Gasteiger partial charge in [-0.2, -0.15) is 5.10 Å². The number of rotatable bonds is 9. The maximum Gasteiger partial charge on any atom is 0.318 e. The molecule has 176 valence electrons. The van der Waals surface area contributed by atoms with E-state index < -0.39 is 21.2 Å². The normalized spacial score (nSPS) is 11.0. The summed E-state index contributed by atoms with van der Waals surface area (Å²) in [5, 5.41) is 26.0. The van der Waals surface area contributed by atoms with E-state index in [1.807, 2.05) is 24.3 Å². The van der Waals surface area contributed by atoms with Gasteiger partial charge in [-0.15, -0.1) is 11.3 Å². The molecule has 0 bridgehead atoms. The minimum Gasteiger partial charge on any atom is -0.450 e.